The van der Waals surface area contributed by atoms with Gasteiger partial charge in [-0.05, 0) is 31.0 Å². The Labute approximate surface area is 118 Å². The maximum Gasteiger partial charge on any atom is 0.219 e. The highest BCUT2D eigenvalue weighted by atomic mass is 19.1. The average Bonchev–Trinajstić information content (AvgIpc) is 2.64. The molecule has 1 aliphatic heterocycles. The van der Waals surface area contributed by atoms with Gasteiger partial charge in [0, 0.05) is 33.1 Å². The number of amides is 1. The SMILES string of the molecule is CC(=O)N1CCCN(c2ccc([C@@H](C)O)cc2F)CC1. The molecular formula is C15H21FN2O2. The molecule has 4 nitrogen and oxygen atoms in total. The highest BCUT2D eigenvalue weighted by Crippen LogP contribution is 2.24. The first-order valence-corrected chi connectivity index (χ1v) is 6.97. The molecule has 0 saturated carbocycles. The van der Waals surface area contributed by atoms with Crippen molar-refractivity contribution in [1.82, 2.24) is 4.90 Å². The van der Waals surface area contributed by atoms with Gasteiger partial charge < -0.3 is 14.9 Å². The predicted molar refractivity (Wildman–Crippen MR) is 76.1 cm³/mol. The molecular weight excluding hydrogens is 259 g/mol. The van der Waals surface area contributed by atoms with Crippen LogP contribution in [0.1, 0.15) is 31.9 Å². The van der Waals surface area contributed by atoms with Gasteiger partial charge in [-0.15, -0.1) is 0 Å². The van der Waals surface area contributed by atoms with Gasteiger partial charge in [0.2, 0.25) is 5.91 Å². The van der Waals surface area contributed by atoms with E-state index in [9.17, 15) is 14.3 Å². The number of aliphatic hydroxyl groups is 1. The van der Waals surface area contributed by atoms with Crippen molar-refractivity contribution in [2.75, 3.05) is 31.1 Å². The molecule has 0 unspecified atom stereocenters. The Bertz CT molecular complexity index is 491. The number of aliphatic hydroxyl groups excluding tert-OH is 1. The van der Waals surface area contributed by atoms with Crippen LogP contribution in [0.3, 0.4) is 0 Å². The van der Waals surface area contributed by atoms with Crippen LogP contribution in [0.5, 0.6) is 0 Å². The van der Waals surface area contributed by atoms with E-state index in [2.05, 4.69) is 0 Å². The number of anilines is 1. The van der Waals surface area contributed by atoms with Crippen LogP contribution in [0.4, 0.5) is 10.1 Å². The molecule has 0 aliphatic carbocycles. The van der Waals surface area contributed by atoms with Crippen LogP contribution in [0.2, 0.25) is 0 Å². The van der Waals surface area contributed by atoms with Crippen molar-refractivity contribution in [3.8, 4) is 0 Å². The first-order valence-electron chi connectivity index (χ1n) is 6.97. The lowest BCUT2D eigenvalue weighted by Crippen LogP contribution is -2.33. The number of hydrogen-bond donors (Lipinski definition) is 1. The lowest BCUT2D eigenvalue weighted by Gasteiger charge is -2.24. The van der Waals surface area contributed by atoms with Crippen LogP contribution in [0, 0.1) is 5.82 Å². The number of halogens is 1. The molecule has 0 spiro atoms. The van der Waals surface area contributed by atoms with Crippen molar-refractivity contribution >= 4 is 11.6 Å². The second-order valence-corrected chi connectivity index (χ2v) is 5.23. The highest BCUT2D eigenvalue weighted by molar-refractivity contribution is 5.73. The molecule has 5 heteroatoms. The first-order chi connectivity index (χ1) is 9.49. The minimum atomic E-state index is -0.670. The van der Waals surface area contributed by atoms with Crippen LogP contribution in [-0.4, -0.2) is 42.1 Å². The molecule has 1 N–H and O–H groups in total. The third kappa shape index (κ3) is 3.28. The van der Waals surface area contributed by atoms with E-state index >= 15 is 0 Å². The molecule has 1 aromatic carbocycles. The van der Waals surface area contributed by atoms with Gasteiger partial charge in [-0.3, -0.25) is 4.79 Å². The lowest BCUT2D eigenvalue weighted by atomic mass is 10.1. The third-order valence-corrected chi connectivity index (χ3v) is 3.74. The maximum atomic E-state index is 14.2. The molecule has 2 rings (SSSR count). The van der Waals surface area contributed by atoms with Crippen molar-refractivity contribution in [3.05, 3.63) is 29.6 Å². The van der Waals surface area contributed by atoms with Crippen molar-refractivity contribution < 1.29 is 14.3 Å². The smallest absolute Gasteiger partial charge is 0.219 e. The van der Waals surface area contributed by atoms with Crippen LogP contribution in [-0.2, 0) is 4.79 Å². The molecule has 1 aromatic rings. The first kappa shape index (κ1) is 14.8. The van der Waals surface area contributed by atoms with E-state index in [1.807, 2.05) is 4.90 Å². The molecule has 1 atom stereocenters. The number of carbonyl (C=O) groups excluding carboxylic acids is 1. The second kappa shape index (κ2) is 6.22. The number of benzene rings is 1. The highest BCUT2D eigenvalue weighted by Gasteiger charge is 2.19. The van der Waals surface area contributed by atoms with Gasteiger partial charge in [-0.1, -0.05) is 6.07 Å². The van der Waals surface area contributed by atoms with Crippen LogP contribution < -0.4 is 4.90 Å². The van der Waals surface area contributed by atoms with Crippen LogP contribution in [0.25, 0.3) is 0 Å². The summed E-state index contributed by atoms with van der Waals surface area (Å²) in [6.45, 7) is 5.88. The fourth-order valence-corrected chi connectivity index (χ4v) is 2.51. The van der Waals surface area contributed by atoms with E-state index in [0.29, 0.717) is 24.3 Å². The fraction of sp³-hybridized carbons (Fsp3) is 0.533. The van der Waals surface area contributed by atoms with Crippen molar-refractivity contribution in [3.63, 3.8) is 0 Å². The standard InChI is InChI=1S/C15H21FN2O2/c1-11(19)13-4-5-15(14(16)10-13)18-7-3-6-17(8-9-18)12(2)20/h4-5,10-11,19H,3,6-9H2,1-2H3/t11-/m1/s1. The molecule has 1 amide bonds. The second-order valence-electron chi connectivity index (χ2n) is 5.23. The summed E-state index contributed by atoms with van der Waals surface area (Å²) in [7, 11) is 0. The molecule has 1 heterocycles. The minimum Gasteiger partial charge on any atom is -0.389 e. The largest absolute Gasteiger partial charge is 0.389 e. The van der Waals surface area contributed by atoms with Gasteiger partial charge in [0.05, 0.1) is 11.8 Å². The van der Waals surface area contributed by atoms with E-state index < -0.39 is 6.10 Å². The van der Waals surface area contributed by atoms with E-state index in [1.54, 1.807) is 30.9 Å². The van der Waals surface area contributed by atoms with Crippen molar-refractivity contribution in [1.29, 1.82) is 0 Å². The monoisotopic (exact) mass is 280 g/mol. The van der Waals surface area contributed by atoms with Gasteiger partial charge in [-0.2, -0.15) is 0 Å². The van der Waals surface area contributed by atoms with Crippen LogP contribution >= 0.6 is 0 Å². The molecule has 0 radical (unpaired) electrons. The quantitative estimate of drug-likeness (QED) is 0.900. The van der Waals surface area contributed by atoms with E-state index in [4.69, 9.17) is 0 Å². The topological polar surface area (TPSA) is 43.8 Å². The summed E-state index contributed by atoms with van der Waals surface area (Å²) in [5.74, 6) is -0.253. The summed E-state index contributed by atoms with van der Waals surface area (Å²) in [4.78, 5) is 15.1. The summed E-state index contributed by atoms with van der Waals surface area (Å²) in [6.07, 6.45) is 0.160. The zero-order chi connectivity index (χ0) is 14.7. The van der Waals surface area contributed by atoms with E-state index in [0.717, 1.165) is 19.5 Å². The molecule has 20 heavy (non-hydrogen) atoms. The Hall–Kier alpha value is -1.62. The van der Waals surface area contributed by atoms with Crippen LogP contribution in [0.15, 0.2) is 18.2 Å². The Morgan fingerprint density at radius 3 is 2.65 bits per heavy atom. The van der Waals surface area contributed by atoms with Crippen molar-refractivity contribution in [2.45, 2.75) is 26.4 Å². The summed E-state index contributed by atoms with van der Waals surface area (Å²) < 4.78 is 14.2. The summed E-state index contributed by atoms with van der Waals surface area (Å²) in [5.41, 5.74) is 1.12. The Balaban J connectivity index is 2.13. The third-order valence-electron chi connectivity index (χ3n) is 3.74. The van der Waals surface area contributed by atoms with E-state index in [1.165, 1.54) is 6.07 Å². The lowest BCUT2D eigenvalue weighted by molar-refractivity contribution is -0.128. The van der Waals surface area contributed by atoms with Gasteiger partial charge in [-0.25, -0.2) is 4.39 Å². The predicted octanol–water partition coefficient (Wildman–Crippen LogP) is 1.94. The summed E-state index contributed by atoms with van der Waals surface area (Å²) in [6, 6.07) is 4.84. The van der Waals surface area contributed by atoms with Gasteiger partial charge in [0.15, 0.2) is 0 Å². The maximum absolute atomic E-state index is 14.2. The van der Waals surface area contributed by atoms with Gasteiger partial charge in [0.1, 0.15) is 5.82 Å². The number of carbonyl (C=O) groups is 1. The Morgan fingerprint density at radius 1 is 1.30 bits per heavy atom. The Kier molecular flexibility index (Phi) is 4.60. The molecule has 1 fully saturated rings. The zero-order valence-corrected chi connectivity index (χ0v) is 12.0. The molecule has 1 saturated heterocycles. The average molecular weight is 280 g/mol. The molecule has 110 valence electrons. The Morgan fingerprint density at radius 2 is 2.05 bits per heavy atom. The molecule has 0 aromatic heterocycles. The van der Waals surface area contributed by atoms with Gasteiger partial charge >= 0.3 is 0 Å². The van der Waals surface area contributed by atoms with Crippen molar-refractivity contribution in [2.24, 2.45) is 0 Å². The van der Waals surface area contributed by atoms with E-state index in [-0.39, 0.29) is 11.7 Å². The fourth-order valence-electron chi connectivity index (χ4n) is 2.51. The summed E-state index contributed by atoms with van der Waals surface area (Å²) in [5, 5.41) is 9.47. The molecule has 1 aliphatic rings. The number of rotatable bonds is 2. The molecule has 0 bridgehead atoms. The number of hydrogen-bond acceptors (Lipinski definition) is 3. The normalized spacial score (nSPS) is 17.8. The zero-order valence-electron chi connectivity index (χ0n) is 12.0. The summed E-state index contributed by atoms with van der Waals surface area (Å²) >= 11 is 0. The van der Waals surface area contributed by atoms with Gasteiger partial charge in [0.25, 0.3) is 0 Å². The minimum absolute atomic E-state index is 0.0665. The number of nitrogens with zero attached hydrogens (tertiary/aromatic N) is 2.